The number of nitrogens with one attached hydrogen (secondary N) is 1. The van der Waals surface area contributed by atoms with E-state index in [0.717, 1.165) is 16.9 Å². The number of carbonyl (C=O) groups excluding carboxylic acids is 2. The SMILES string of the molecule is CCCNC(=O)Cn1c(=O)/c(=C\c2sccc2C)s/c1=C\C(=O)C(C)(C)C. The van der Waals surface area contributed by atoms with Gasteiger partial charge in [0.15, 0.2) is 5.78 Å². The van der Waals surface area contributed by atoms with Crippen LogP contribution in [0.4, 0.5) is 0 Å². The van der Waals surface area contributed by atoms with Crippen molar-refractivity contribution in [1.29, 1.82) is 0 Å². The Balaban J connectivity index is 2.58. The fraction of sp³-hybridized carbons (Fsp3) is 0.450. The van der Waals surface area contributed by atoms with Crippen LogP contribution in [0.25, 0.3) is 12.2 Å². The molecule has 0 fully saturated rings. The monoisotopic (exact) mass is 406 g/mol. The molecule has 1 amide bonds. The third-order valence-electron chi connectivity index (χ3n) is 3.97. The molecule has 0 spiro atoms. The normalized spacial score (nSPS) is 13.2. The molecule has 0 saturated carbocycles. The van der Waals surface area contributed by atoms with Crippen LogP contribution in [0.2, 0.25) is 0 Å². The van der Waals surface area contributed by atoms with Gasteiger partial charge in [0.25, 0.3) is 5.56 Å². The molecule has 146 valence electrons. The second kappa shape index (κ2) is 8.80. The lowest BCUT2D eigenvalue weighted by Crippen LogP contribution is -2.38. The van der Waals surface area contributed by atoms with E-state index < -0.39 is 5.41 Å². The summed E-state index contributed by atoms with van der Waals surface area (Å²) in [6.07, 6.45) is 4.15. The van der Waals surface area contributed by atoms with Crippen LogP contribution in [0.1, 0.15) is 44.6 Å². The van der Waals surface area contributed by atoms with Gasteiger partial charge in [0.05, 0.1) is 4.53 Å². The van der Waals surface area contributed by atoms with Gasteiger partial charge in [0, 0.05) is 22.9 Å². The van der Waals surface area contributed by atoms with Crippen LogP contribution in [0.3, 0.4) is 0 Å². The molecule has 5 nitrogen and oxygen atoms in total. The number of carbonyl (C=O) groups is 2. The maximum atomic E-state index is 12.9. The van der Waals surface area contributed by atoms with Crippen molar-refractivity contribution in [1.82, 2.24) is 9.88 Å². The Morgan fingerprint density at radius 1 is 1.30 bits per heavy atom. The quantitative estimate of drug-likeness (QED) is 0.798. The van der Waals surface area contributed by atoms with Gasteiger partial charge in [-0.05, 0) is 36.4 Å². The summed E-state index contributed by atoms with van der Waals surface area (Å²) in [5.74, 6) is -0.307. The molecule has 7 heteroatoms. The Bertz CT molecular complexity index is 1000. The molecule has 2 heterocycles. The molecule has 2 rings (SSSR count). The van der Waals surface area contributed by atoms with Gasteiger partial charge in [-0.25, -0.2) is 0 Å². The molecule has 0 aliphatic carbocycles. The zero-order valence-corrected chi connectivity index (χ0v) is 18.1. The van der Waals surface area contributed by atoms with Crippen LogP contribution in [0, 0.1) is 12.3 Å². The molecule has 2 aromatic rings. The third kappa shape index (κ3) is 5.49. The number of rotatable bonds is 6. The van der Waals surface area contributed by atoms with Crippen molar-refractivity contribution in [3.63, 3.8) is 0 Å². The molecule has 0 saturated heterocycles. The predicted molar refractivity (Wildman–Crippen MR) is 113 cm³/mol. The van der Waals surface area contributed by atoms with Gasteiger partial charge in [0.1, 0.15) is 11.2 Å². The van der Waals surface area contributed by atoms with E-state index in [4.69, 9.17) is 0 Å². The van der Waals surface area contributed by atoms with Crippen LogP contribution >= 0.6 is 22.7 Å². The summed E-state index contributed by atoms with van der Waals surface area (Å²) >= 11 is 2.81. The zero-order valence-electron chi connectivity index (χ0n) is 16.4. The van der Waals surface area contributed by atoms with Gasteiger partial charge in [-0.15, -0.1) is 22.7 Å². The molecule has 0 bridgehead atoms. The number of hydrogen-bond acceptors (Lipinski definition) is 5. The van der Waals surface area contributed by atoms with E-state index in [1.807, 2.05) is 52.1 Å². The van der Waals surface area contributed by atoms with E-state index in [-0.39, 0.29) is 23.8 Å². The van der Waals surface area contributed by atoms with Crippen molar-refractivity contribution in [2.45, 2.75) is 47.6 Å². The van der Waals surface area contributed by atoms with Gasteiger partial charge >= 0.3 is 0 Å². The topological polar surface area (TPSA) is 68.2 Å². The van der Waals surface area contributed by atoms with Crippen LogP contribution in [-0.2, 0) is 16.1 Å². The minimum absolute atomic E-state index is 0.0784. The van der Waals surface area contributed by atoms with E-state index in [1.54, 1.807) is 11.3 Å². The first kappa shape index (κ1) is 21.3. The Kier molecular flexibility index (Phi) is 6.95. The summed E-state index contributed by atoms with van der Waals surface area (Å²) < 4.78 is 2.43. The molecule has 2 aromatic heterocycles. The van der Waals surface area contributed by atoms with Crippen molar-refractivity contribution >= 4 is 46.5 Å². The number of aromatic nitrogens is 1. The van der Waals surface area contributed by atoms with Gasteiger partial charge in [-0.2, -0.15) is 0 Å². The van der Waals surface area contributed by atoms with Gasteiger partial charge in [-0.3, -0.25) is 19.0 Å². The molecular weight excluding hydrogens is 380 g/mol. The standard InChI is InChI=1S/C20H26N2O3S2/c1-6-8-21-17(24)12-22-18(11-16(23)20(3,4)5)27-15(19(22)25)10-14-13(2)7-9-26-14/h7,9-11H,6,8,12H2,1-5H3,(H,21,24)/b15-10+,18-11-. The molecule has 0 unspecified atom stereocenters. The van der Waals surface area contributed by atoms with Crippen molar-refractivity contribution in [2.24, 2.45) is 5.41 Å². The predicted octanol–water partition coefficient (Wildman–Crippen LogP) is 2.03. The molecule has 1 N–H and O–H groups in total. The fourth-order valence-corrected chi connectivity index (χ4v) is 4.19. The first-order valence-electron chi connectivity index (χ1n) is 8.91. The highest BCUT2D eigenvalue weighted by Crippen LogP contribution is 2.16. The van der Waals surface area contributed by atoms with E-state index in [2.05, 4.69) is 5.32 Å². The largest absolute Gasteiger partial charge is 0.355 e. The summed E-state index contributed by atoms with van der Waals surface area (Å²) in [5, 5.41) is 4.76. The maximum Gasteiger partial charge on any atom is 0.269 e. The number of aryl methyl sites for hydroxylation is 1. The molecule has 0 atom stereocenters. The summed E-state index contributed by atoms with van der Waals surface area (Å²) in [6, 6.07) is 2.00. The molecule has 27 heavy (non-hydrogen) atoms. The van der Waals surface area contributed by atoms with Gasteiger partial charge < -0.3 is 5.32 Å². The summed E-state index contributed by atoms with van der Waals surface area (Å²) in [4.78, 5) is 38.5. The number of thiophene rings is 1. The number of amides is 1. The first-order valence-corrected chi connectivity index (χ1v) is 10.6. The second-order valence-electron chi connectivity index (χ2n) is 7.42. The first-order chi connectivity index (χ1) is 12.6. The maximum absolute atomic E-state index is 12.9. The van der Waals surface area contributed by atoms with Crippen molar-refractivity contribution in [3.8, 4) is 0 Å². The highest BCUT2D eigenvalue weighted by atomic mass is 32.1. The van der Waals surface area contributed by atoms with Crippen molar-refractivity contribution in [2.75, 3.05) is 6.54 Å². The average Bonchev–Trinajstić information content (AvgIpc) is 3.11. The smallest absolute Gasteiger partial charge is 0.269 e. The molecule has 0 aromatic carbocycles. The molecule has 0 aliphatic heterocycles. The van der Waals surface area contributed by atoms with E-state index in [9.17, 15) is 14.4 Å². The lowest BCUT2D eigenvalue weighted by atomic mass is 9.91. The van der Waals surface area contributed by atoms with Crippen molar-refractivity contribution in [3.05, 3.63) is 41.4 Å². The minimum atomic E-state index is -0.552. The molecule has 0 aliphatic rings. The Labute approximate surface area is 167 Å². The number of nitrogens with zero attached hydrogens (tertiary/aromatic N) is 1. The van der Waals surface area contributed by atoms with E-state index in [1.165, 1.54) is 22.0 Å². The van der Waals surface area contributed by atoms with Crippen molar-refractivity contribution < 1.29 is 9.59 Å². The third-order valence-corrected chi connectivity index (χ3v) is 5.99. The fourth-order valence-electron chi connectivity index (χ4n) is 2.24. The number of thiazole rings is 1. The number of hydrogen-bond donors (Lipinski definition) is 1. The van der Waals surface area contributed by atoms with E-state index in [0.29, 0.717) is 15.7 Å². The Morgan fingerprint density at radius 2 is 2.00 bits per heavy atom. The molecular formula is C20H26N2O3S2. The Hall–Kier alpha value is -1.99. The van der Waals surface area contributed by atoms with Gasteiger partial charge in [0.2, 0.25) is 5.91 Å². The zero-order chi connectivity index (χ0) is 20.2. The highest BCUT2D eigenvalue weighted by molar-refractivity contribution is 7.11. The summed E-state index contributed by atoms with van der Waals surface area (Å²) in [7, 11) is 0. The molecule has 0 radical (unpaired) electrons. The van der Waals surface area contributed by atoms with Crippen LogP contribution in [0.5, 0.6) is 0 Å². The number of Topliss-reactive ketones (excluding diaryl/α,β-unsaturated/α-hetero) is 1. The lowest BCUT2D eigenvalue weighted by Gasteiger charge is -2.12. The summed E-state index contributed by atoms with van der Waals surface area (Å²) in [6.45, 7) is 9.92. The van der Waals surface area contributed by atoms with Crippen LogP contribution < -0.4 is 20.1 Å². The summed E-state index contributed by atoms with van der Waals surface area (Å²) in [5.41, 5.74) is 0.299. The second-order valence-corrected chi connectivity index (χ2v) is 9.43. The van der Waals surface area contributed by atoms with E-state index >= 15 is 0 Å². The Morgan fingerprint density at radius 3 is 2.56 bits per heavy atom. The average molecular weight is 407 g/mol. The minimum Gasteiger partial charge on any atom is -0.355 e. The highest BCUT2D eigenvalue weighted by Gasteiger charge is 2.20. The lowest BCUT2D eigenvalue weighted by molar-refractivity contribution is -0.122. The number of ketones is 1. The van der Waals surface area contributed by atoms with Crippen LogP contribution in [-0.4, -0.2) is 22.8 Å². The van der Waals surface area contributed by atoms with Crippen LogP contribution in [0.15, 0.2) is 16.2 Å². The van der Waals surface area contributed by atoms with Gasteiger partial charge in [-0.1, -0.05) is 27.7 Å².